The number of nitrogens with zero attached hydrogens (tertiary/aromatic N) is 3. The lowest BCUT2D eigenvalue weighted by molar-refractivity contribution is 0.0952. The van der Waals surface area contributed by atoms with Crippen LogP contribution in [0.15, 0.2) is 24.8 Å². The van der Waals surface area contributed by atoms with Crippen LogP contribution in [0.25, 0.3) is 0 Å². The summed E-state index contributed by atoms with van der Waals surface area (Å²) in [7, 11) is 0. The van der Waals surface area contributed by atoms with E-state index < -0.39 is 0 Å². The number of imidazole rings is 1. The summed E-state index contributed by atoms with van der Waals surface area (Å²) in [5, 5.41) is 3.06. The number of hydrogen-bond donors (Lipinski definition) is 1. The van der Waals surface area contributed by atoms with E-state index in [4.69, 9.17) is 0 Å². The standard InChI is InChI=1S/C19H28N4O/c1-15-13-18(16(2)23(15)17-7-4-3-5-8-17)19(24)21-9-6-11-22-12-10-20-14-22/h10,12-14,17H,3-9,11H2,1-2H3,(H,21,24). The summed E-state index contributed by atoms with van der Waals surface area (Å²) in [5.74, 6) is 0.0517. The fourth-order valence-electron chi connectivity index (χ4n) is 3.89. The normalized spacial score (nSPS) is 15.6. The van der Waals surface area contributed by atoms with Crippen LogP contribution in [0.3, 0.4) is 0 Å². The summed E-state index contributed by atoms with van der Waals surface area (Å²) in [5.41, 5.74) is 3.16. The van der Waals surface area contributed by atoms with Gasteiger partial charge in [0.05, 0.1) is 11.9 Å². The minimum Gasteiger partial charge on any atom is -0.352 e. The van der Waals surface area contributed by atoms with Gasteiger partial charge in [0, 0.05) is 42.9 Å². The highest BCUT2D eigenvalue weighted by Gasteiger charge is 2.22. The van der Waals surface area contributed by atoms with E-state index in [9.17, 15) is 4.79 Å². The predicted molar refractivity (Wildman–Crippen MR) is 95.2 cm³/mol. The maximum atomic E-state index is 12.5. The van der Waals surface area contributed by atoms with Crippen molar-refractivity contribution in [3.63, 3.8) is 0 Å². The van der Waals surface area contributed by atoms with E-state index in [1.54, 1.807) is 12.5 Å². The van der Waals surface area contributed by atoms with Crippen molar-refractivity contribution in [2.75, 3.05) is 6.54 Å². The molecule has 5 nitrogen and oxygen atoms in total. The molecule has 2 aromatic heterocycles. The van der Waals surface area contributed by atoms with Crippen LogP contribution in [0.5, 0.6) is 0 Å². The second-order valence-electron chi connectivity index (χ2n) is 6.86. The summed E-state index contributed by atoms with van der Waals surface area (Å²) in [6, 6.07) is 2.62. The topological polar surface area (TPSA) is 51.9 Å². The van der Waals surface area contributed by atoms with Crippen molar-refractivity contribution < 1.29 is 4.79 Å². The van der Waals surface area contributed by atoms with Crippen LogP contribution in [0.4, 0.5) is 0 Å². The smallest absolute Gasteiger partial charge is 0.253 e. The molecule has 0 aromatic carbocycles. The Morgan fingerprint density at radius 3 is 2.79 bits per heavy atom. The Morgan fingerprint density at radius 2 is 2.08 bits per heavy atom. The number of carbonyl (C=O) groups is 1. The Hall–Kier alpha value is -2.04. The van der Waals surface area contributed by atoms with Crippen molar-refractivity contribution in [2.24, 2.45) is 0 Å². The van der Waals surface area contributed by atoms with Crippen LogP contribution in [0.1, 0.15) is 66.3 Å². The molecule has 2 heterocycles. The highest BCUT2D eigenvalue weighted by Crippen LogP contribution is 2.32. The molecule has 1 amide bonds. The van der Waals surface area contributed by atoms with Gasteiger partial charge in [-0.3, -0.25) is 4.79 Å². The number of carbonyl (C=O) groups excluding carboxylic acids is 1. The summed E-state index contributed by atoms with van der Waals surface area (Å²) < 4.78 is 4.42. The number of nitrogens with one attached hydrogen (secondary N) is 1. The lowest BCUT2D eigenvalue weighted by Gasteiger charge is -2.26. The van der Waals surface area contributed by atoms with Crippen LogP contribution < -0.4 is 5.32 Å². The van der Waals surface area contributed by atoms with Gasteiger partial charge in [0.25, 0.3) is 5.91 Å². The SMILES string of the molecule is Cc1cc(C(=O)NCCCn2ccnc2)c(C)n1C1CCCCC1. The van der Waals surface area contributed by atoms with E-state index in [0.717, 1.165) is 24.2 Å². The molecule has 0 radical (unpaired) electrons. The molecule has 1 aliphatic rings. The lowest BCUT2D eigenvalue weighted by atomic mass is 9.95. The van der Waals surface area contributed by atoms with Gasteiger partial charge in [-0.2, -0.15) is 0 Å². The third-order valence-electron chi connectivity index (χ3n) is 5.11. The Labute approximate surface area is 144 Å². The summed E-state index contributed by atoms with van der Waals surface area (Å²) in [4.78, 5) is 16.6. The van der Waals surface area contributed by atoms with Gasteiger partial charge in [-0.15, -0.1) is 0 Å². The number of rotatable bonds is 6. The first-order chi connectivity index (χ1) is 11.7. The van der Waals surface area contributed by atoms with E-state index in [1.165, 1.54) is 37.8 Å². The Bertz CT molecular complexity index is 666. The zero-order chi connectivity index (χ0) is 16.9. The first-order valence-corrected chi connectivity index (χ1v) is 9.09. The van der Waals surface area contributed by atoms with Gasteiger partial charge >= 0.3 is 0 Å². The molecule has 5 heteroatoms. The Balaban J connectivity index is 1.58. The molecule has 1 fully saturated rings. The fraction of sp³-hybridized carbons (Fsp3) is 0.579. The summed E-state index contributed by atoms with van der Waals surface area (Å²) >= 11 is 0. The van der Waals surface area contributed by atoms with Crippen molar-refractivity contribution in [1.82, 2.24) is 19.4 Å². The third kappa shape index (κ3) is 3.71. The highest BCUT2D eigenvalue weighted by molar-refractivity contribution is 5.95. The Morgan fingerprint density at radius 1 is 1.29 bits per heavy atom. The average Bonchev–Trinajstić information content (AvgIpc) is 3.20. The van der Waals surface area contributed by atoms with E-state index in [1.807, 2.05) is 10.8 Å². The van der Waals surface area contributed by atoms with Crippen molar-refractivity contribution >= 4 is 5.91 Å². The largest absolute Gasteiger partial charge is 0.352 e. The lowest BCUT2D eigenvalue weighted by Crippen LogP contribution is -2.26. The van der Waals surface area contributed by atoms with Crippen molar-refractivity contribution in [3.8, 4) is 0 Å². The van der Waals surface area contributed by atoms with E-state index >= 15 is 0 Å². The molecule has 24 heavy (non-hydrogen) atoms. The molecule has 130 valence electrons. The van der Waals surface area contributed by atoms with E-state index in [2.05, 4.69) is 34.8 Å². The van der Waals surface area contributed by atoms with Crippen LogP contribution >= 0.6 is 0 Å². The van der Waals surface area contributed by atoms with Gasteiger partial charge in [-0.25, -0.2) is 4.98 Å². The zero-order valence-corrected chi connectivity index (χ0v) is 14.8. The maximum Gasteiger partial charge on any atom is 0.253 e. The molecule has 0 atom stereocenters. The van der Waals surface area contributed by atoms with Gasteiger partial charge in [0.1, 0.15) is 0 Å². The van der Waals surface area contributed by atoms with Gasteiger partial charge < -0.3 is 14.5 Å². The highest BCUT2D eigenvalue weighted by atomic mass is 16.1. The van der Waals surface area contributed by atoms with Crippen LogP contribution in [0.2, 0.25) is 0 Å². The van der Waals surface area contributed by atoms with Gasteiger partial charge in [-0.05, 0) is 39.2 Å². The van der Waals surface area contributed by atoms with E-state index in [-0.39, 0.29) is 5.91 Å². The monoisotopic (exact) mass is 328 g/mol. The fourth-order valence-corrected chi connectivity index (χ4v) is 3.89. The van der Waals surface area contributed by atoms with E-state index in [0.29, 0.717) is 12.6 Å². The number of aryl methyl sites for hydroxylation is 2. The molecular weight excluding hydrogens is 300 g/mol. The van der Waals surface area contributed by atoms with Crippen LogP contribution in [0, 0.1) is 13.8 Å². The molecule has 0 saturated heterocycles. The summed E-state index contributed by atoms with van der Waals surface area (Å²) in [6.45, 7) is 5.77. The molecular formula is C19H28N4O. The minimum absolute atomic E-state index is 0.0517. The van der Waals surface area contributed by atoms with Crippen molar-refractivity contribution in [3.05, 3.63) is 41.7 Å². The first-order valence-electron chi connectivity index (χ1n) is 9.09. The Kier molecular flexibility index (Phi) is 5.38. The molecule has 1 aliphatic carbocycles. The maximum absolute atomic E-state index is 12.5. The minimum atomic E-state index is 0.0517. The second kappa shape index (κ2) is 7.69. The van der Waals surface area contributed by atoms with Gasteiger partial charge in [0.15, 0.2) is 0 Å². The molecule has 2 aromatic rings. The molecule has 3 rings (SSSR count). The first kappa shape index (κ1) is 16.8. The number of hydrogen-bond acceptors (Lipinski definition) is 2. The van der Waals surface area contributed by atoms with Crippen molar-refractivity contribution in [2.45, 2.75) is 65.0 Å². The molecule has 1 N–H and O–H groups in total. The quantitative estimate of drug-likeness (QED) is 0.823. The zero-order valence-electron chi connectivity index (χ0n) is 14.8. The second-order valence-corrected chi connectivity index (χ2v) is 6.86. The molecule has 1 saturated carbocycles. The van der Waals surface area contributed by atoms with Gasteiger partial charge in [0.2, 0.25) is 0 Å². The third-order valence-corrected chi connectivity index (χ3v) is 5.11. The average molecular weight is 328 g/mol. The predicted octanol–water partition coefficient (Wildman–Crippen LogP) is 3.63. The number of aromatic nitrogens is 3. The molecule has 0 spiro atoms. The molecule has 0 unspecified atom stereocenters. The van der Waals surface area contributed by atoms with Crippen LogP contribution in [-0.2, 0) is 6.54 Å². The van der Waals surface area contributed by atoms with Gasteiger partial charge in [-0.1, -0.05) is 19.3 Å². The summed E-state index contributed by atoms with van der Waals surface area (Å²) in [6.07, 6.45) is 12.9. The van der Waals surface area contributed by atoms with Crippen LogP contribution in [-0.4, -0.2) is 26.6 Å². The molecule has 0 bridgehead atoms. The van der Waals surface area contributed by atoms with Crippen molar-refractivity contribution in [1.29, 1.82) is 0 Å². The molecule has 0 aliphatic heterocycles. The number of amides is 1.